The number of methoxy groups -OCH3 is 1. The van der Waals surface area contributed by atoms with Crippen molar-refractivity contribution in [2.45, 2.75) is 13.0 Å². The lowest BCUT2D eigenvalue weighted by Gasteiger charge is -2.08. The number of allylic oxidation sites excluding steroid dienone is 1. The first kappa shape index (κ1) is 16.9. The third-order valence-corrected chi connectivity index (χ3v) is 4.92. The van der Waals surface area contributed by atoms with Crippen LogP contribution >= 0.6 is 23.2 Å². The van der Waals surface area contributed by atoms with E-state index in [2.05, 4.69) is 4.98 Å². The van der Waals surface area contributed by atoms with Crippen molar-refractivity contribution < 1.29 is 9.84 Å². The van der Waals surface area contributed by atoms with E-state index in [4.69, 9.17) is 27.9 Å². The van der Waals surface area contributed by atoms with E-state index in [0.29, 0.717) is 45.5 Å². The van der Waals surface area contributed by atoms with E-state index in [9.17, 15) is 9.90 Å². The Morgan fingerprint density at radius 2 is 2.08 bits per heavy atom. The molecule has 132 valence electrons. The van der Waals surface area contributed by atoms with Gasteiger partial charge in [-0.15, -0.1) is 0 Å². The van der Waals surface area contributed by atoms with E-state index in [1.54, 1.807) is 28.8 Å². The van der Waals surface area contributed by atoms with Gasteiger partial charge in [-0.25, -0.2) is 4.98 Å². The van der Waals surface area contributed by atoms with E-state index in [0.717, 1.165) is 11.1 Å². The number of benzene rings is 2. The van der Waals surface area contributed by atoms with Crippen molar-refractivity contribution in [2.75, 3.05) is 7.11 Å². The van der Waals surface area contributed by atoms with E-state index < -0.39 is 0 Å². The molecule has 1 aliphatic heterocycles. The molecule has 0 aliphatic carbocycles. The Bertz CT molecular complexity index is 1140. The summed E-state index contributed by atoms with van der Waals surface area (Å²) in [6.07, 6.45) is 2.57. The molecule has 3 aromatic rings. The molecule has 26 heavy (non-hydrogen) atoms. The molecule has 4 rings (SSSR count). The SMILES string of the molecule is COc1ccc(/C=C2\CCn3c2nc2c(Cl)cc(Cl)cc2c3=O)cc1O. The topological polar surface area (TPSA) is 64.4 Å². The van der Waals surface area contributed by atoms with Crippen molar-refractivity contribution in [3.8, 4) is 11.5 Å². The first-order valence-electron chi connectivity index (χ1n) is 7.95. The van der Waals surface area contributed by atoms with E-state index in [1.165, 1.54) is 7.11 Å². The number of rotatable bonds is 2. The van der Waals surface area contributed by atoms with Crippen LogP contribution in [0.1, 0.15) is 17.8 Å². The Morgan fingerprint density at radius 1 is 1.27 bits per heavy atom. The highest BCUT2D eigenvalue weighted by molar-refractivity contribution is 6.38. The van der Waals surface area contributed by atoms with Crippen molar-refractivity contribution in [1.82, 2.24) is 9.55 Å². The van der Waals surface area contributed by atoms with E-state index >= 15 is 0 Å². The Kier molecular flexibility index (Phi) is 4.13. The molecular formula is C19H14Cl2N2O3. The van der Waals surface area contributed by atoms with Crippen LogP contribution in [0.15, 0.2) is 35.1 Å². The van der Waals surface area contributed by atoms with Gasteiger partial charge in [0.15, 0.2) is 11.5 Å². The van der Waals surface area contributed by atoms with Crippen molar-refractivity contribution >= 4 is 45.8 Å². The minimum absolute atomic E-state index is 0.0568. The summed E-state index contributed by atoms with van der Waals surface area (Å²) in [6, 6.07) is 8.31. The smallest absolute Gasteiger partial charge is 0.261 e. The first-order chi connectivity index (χ1) is 12.5. The summed E-state index contributed by atoms with van der Waals surface area (Å²) >= 11 is 12.3. The maximum absolute atomic E-state index is 12.8. The Balaban J connectivity index is 1.88. The maximum Gasteiger partial charge on any atom is 0.261 e. The predicted octanol–water partition coefficient (Wildman–Crippen LogP) is 4.36. The average molecular weight is 389 g/mol. The third-order valence-electron chi connectivity index (χ3n) is 4.41. The molecule has 0 saturated heterocycles. The summed E-state index contributed by atoms with van der Waals surface area (Å²) in [4.78, 5) is 17.4. The minimum atomic E-state index is -0.157. The van der Waals surface area contributed by atoms with Crippen LogP contribution in [0.3, 0.4) is 0 Å². The molecular weight excluding hydrogens is 375 g/mol. The molecule has 0 fully saturated rings. The van der Waals surface area contributed by atoms with Gasteiger partial charge in [-0.05, 0) is 47.9 Å². The van der Waals surface area contributed by atoms with Crippen molar-refractivity contribution in [3.05, 3.63) is 62.1 Å². The summed E-state index contributed by atoms with van der Waals surface area (Å²) in [5, 5.41) is 11.1. The molecule has 5 nitrogen and oxygen atoms in total. The Hall–Kier alpha value is -2.50. The van der Waals surface area contributed by atoms with E-state index in [-0.39, 0.29) is 11.3 Å². The lowest BCUT2D eigenvalue weighted by molar-refractivity contribution is 0.373. The van der Waals surface area contributed by atoms with Crippen LogP contribution < -0.4 is 10.3 Å². The van der Waals surface area contributed by atoms with Crippen LogP contribution in [0.4, 0.5) is 0 Å². The number of nitrogens with zero attached hydrogens (tertiary/aromatic N) is 2. The predicted molar refractivity (Wildman–Crippen MR) is 103 cm³/mol. The molecule has 1 aromatic heterocycles. The second kappa shape index (κ2) is 6.34. The number of aromatic nitrogens is 2. The molecule has 0 atom stereocenters. The number of phenols is 1. The number of hydrogen-bond donors (Lipinski definition) is 1. The Labute approximate surface area is 159 Å². The second-order valence-corrected chi connectivity index (χ2v) is 6.87. The fourth-order valence-electron chi connectivity index (χ4n) is 3.18. The monoisotopic (exact) mass is 388 g/mol. The lowest BCUT2D eigenvalue weighted by atomic mass is 10.1. The van der Waals surface area contributed by atoms with Crippen LogP contribution in [0.5, 0.6) is 11.5 Å². The van der Waals surface area contributed by atoms with Crippen LogP contribution in [0, 0.1) is 0 Å². The van der Waals surface area contributed by atoms with Gasteiger partial charge in [0.1, 0.15) is 5.82 Å². The van der Waals surface area contributed by atoms with Crippen LogP contribution in [-0.4, -0.2) is 21.8 Å². The molecule has 2 heterocycles. The highest BCUT2D eigenvalue weighted by atomic mass is 35.5. The van der Waals surface area contributed by atoms with Crippen molar-refractivity contribution in [2.24, 2.45) is 0 Å². The van der Waals surface area contributed by atoms with Crippen LogP contribution in [-0.2, 0) is 6.54 Å². The van der Waals surface area contributed by atoms with Gasteiger partial charge < -0.3 is 9.84 Å². The standard InChI is InChI=1S/C19H14Cl2N2O3/c1-26-16-3-2-10(7-15(16)24)6-11-4-5-23-18(11)22-17-13(19(23)25)8-12(20)9-14(17)21/h2-3,6-9,24H,4-5H2,1H3/b11-6+. The van der Waals surface area contributed by atoms with Gasteiger partial charge in [0.2, 0.25) is 0 Å². The molecule has 1 aliphatic rings. The lowest BCUT2D eigenvalue weighted by Crippen LogP contribution is -2.20. The molecule has 1 N–H and O–H groups in total. The summed E-state index contributed by atoms with van der Waals surface area (Å²) in [5.74, 6) is 1.05. The van der Waals surface area contributed by atoms with Crippen molar-refractivity contribution in [3.63, 3.8) is 0 Å². The van der Waals surface area contributed by atoms with Gasteiger partial charge in [0.25, 0.3) is 5.56 Å². The molecule has 7 heteroatoms. The summed E-state index contributed by atoms with van der Waals surface area (Å²) in [7, 11) is 1.50. The zero-order valence-electron chi connectivity index (χ0n) is 13.8. The first-order valence-corrected chi connectivity index (χ1v) is 8.71. The number of fused-ring (bicyclic) bond motifs is 2. The van der Waals surface area contributed by atoms with Crippen molar-refractivity contribution in [1.29, 1.82) is 0 Å². The minimum Gasteiger partial charge on any atom is -0.504 e. The fraction of sp³-hybridized carbons (Fsp3) is 0.158. The summed E-state index contributed by atoms with van der Waals surface area (Å²) in [5.41, 5.74) is 1.98. The van der Waals surface area contributed by atoms with Gasteiger partial charge in [-0.1, -0.05) is 29.3 Å². The zero-order valence-corrected chi connectivity index (χ0v) is 15.3. The molecule has 0 bridgehead atoms. The highest BCUT2D eigenvalue weighted by Crippen LogP contribution is 2.32. The molecule has 0 unspecified atom stereocenters. The van der Waals surface area contributed by atoms with Gasteiger partial charge in [-0.2, -0.15) is 0 Å². The maximum atomic E-state index is 12.8. The van der Waals surface area contributed by atoms with Gasteiger partial charge in [0, 0.05) is 11.6 Å². The average Bonchev–Trinajstić information content (AvgIpc) is 2.99. The molecule has 0 radical (unpaired) electrons. The van der Waals surface area contributed by atoms with Gasteiger partial charge in [-0.3, -0.25) is 9.36 Å². The number of aromatic hydroxyl groups is 1. The molecule has 0 saturated carbocycles. The van der Waals surface area contributed by atoms with Crippen LogP contribution in [0.25, 0.3) is 22.6 Å². The normalized spacial score (nSPS) is 14.8. The summed E-state index contributed by atoms with van der Waals surface area (Å²) in [6.45, 7) is 0.537. The summed E-state index contributed by atoms with van der Waals surface area (Å²) < 4.78 is 6.69. The quantitative estimate of drug-likeness (QED) is 0.707. The second-order valence-electron chi connectivity index (χ2n) is 6.03. The van der Waals surface area contributed by atoms with E-state index in [1.807, 2.05) is 12.1 Å². The molecule has 0 amide bonds. The number of halogens is 2. The van der Waals surface area contributed by atoms with Gasteiger partial charge in [0.05, 0.1) is 23.0 Å². The largest absolute Gasteiger partial charge is 0.504 e. The highest BCUT2D eigenvalue weighted by Gasteiger charge is 2.22. The fourth-order valence-corrected chi connectivity index (χ4v) is 3.72. The number of phenolic OH excluding ortho intramolecular Hbond substituents is 1. The molecule has 2 aromatic carbocycles. The van der Waals surface area contributed by atoms with Gasteiger partial charge >= 0.3 is 0 Å². The number of ether oxygens (including phenoxy) is 1. The third kappa shape index (κ3) is 2.73. The zero-order chi connectivity index (χ0) is 18.4. The molecule has 0 spiro atoms. The number of hydrogen-bond acceptors (Lipinski definition) is 4. The Morgan fingerprint density at radius 3 is 2.81 bits per heavy atom. The van der Waals surface area contributed by atoms with Crippen LogP contribution in [0.2, 0.25) is 10.0 Å².